The van der Waals surface area contributed by atoms with E-state index in [1.54, 1.807) is 0 Å². The Morgan fingerprint density at radius 1 is 1.23 bits per heavy atom. The van der Waals surface area contributed by atoms with Gasteiger partial charge < -0.3 is 15.0 Å². The number of hydrogen-bond acceptors (Lipinski definition) is 3. The number of carbonyl (C=O) groups excluding carboxylic acids is 1. The van der Waals surface area contributed by atoms with Crippen LogP contribution in [0.2, 0.25) is 5.02 Å². The molecule has 1 atom stereocenters. The molecule has 0 spiro atoms. The molecule has 1 aromatic carbocycles. The van der Waals surface area contributed by atoms with Crippen LogP contribution in [0.4, 0.5) is 5.69 Å². The van der Waals surface area contributed by atoms with Crippen LogP contribution in [0, 0.1) is 11.8 Å². The molecule has 5 heteroatoms. The van der Waals surface area contributed by atoms with E-state index in [1.807, 2.05) is 12.1 Å². The molecule has 1 aromatic rings. The van der Waals surface area contributed by atoms with E-state index in [2.05, 4.69) is 22.3 Å². The van der Waals surface area contributed by atoms with Crippen molar-refractivity contribution in [2.45, 2.75) is 19.3 Å². The summed E-state index contributed by atoms with van der Waals surface area (Å²) in [7, 11) is 0. The number of anilines is 1. The number of carbonyl (C=O) groups is 1. The number of rotatable bonds is 7. The minimum atomic E-state index is 0.00518. The molecule has 3 rings (SSSR count). The highest BCUT2D eigenvalue weighted by Crippen LogP contribution is 2.28. The van der Waals surface area contributed by atoms with Gasteiger partial charge in [-0.2, -0.15) is 0 Å². The third kappa shape index (κ3) is 4.62. The molecule has 1 amide bonds. The van der Waals surface area contributed by atoms with E-state index in [0.717, 1.165) is 37.7 Å². The Labute approximate surface area is 136 Å². The minimum absolute atomic E-state index is 0.00518. The topological polar surface area (TPSA) is 41.6 Å². The molecule has 2 aliphatic rings. The second-order valence-corrected chi connectivity index (χ2v) is 6.78. The highest BCUT2D eigenvalue weighted by Gasteiger charge is 2.24. The van der Waals surface area contributed by atoms with Crippen LogP contribution in [0.15, 0.2) is 24.3 Å². The molecule has 0 bridgehead atoms. The molecule has 0 unspecified atom stereocenters. The second-order valence-electron chi connectivity index (χ2n) is 6.34. The third-order valence-corrected chi connectivity index (χ3v) is 4.60. The van der Waals surface area contributed by atoms with Crippen LogP contribution in [-0.2, 0) is 9.53 Å². The number of halogens is 1. The van der Waals surface area contributed by atoms with E-state index in [1.165, 1.54) is 18.5 Å². The first-order valence-electron chi connectivity index (χ1n) is 8.05. The first kappa shape index (κ1) is 15.6. The predicted octanol–water partition coefficient (Wildman–Crippen LogP) is 2.71. The summed E-state index contributed by atoms with van der Waals surface area (Å²) in [6.45, 7) is 3.67. The molecule has 0 radical (unpaired) electrons. The summed E-state index contributed by atoms with van der Waals surface area (Å²) in [4.78, 5) is 14.1. The molecular weight excluding hydrogens is 300 g/mol. The fourth-order valence-electron chi connectivity index (χ4n) is 2.80. The van der Waals surface area contributed by atoms with Crippen LogP contribution in [-0.4, -0.2) is 38.8 Å². The van der Waals surface area contributed by atoms with Gasteiger partial charge in [0.2, 0.25) is 5.91 Å². The summed E-state index contributed by atoms with van der Waals surface area (Å²) >= 11 is 5.92. The third-order valence-electron chi connectivity index (χ3n) is 4.35. The van der Waals surface area contributed by atoms with Crippen molar-refractivity contribution < 1.29 is 9.53 Å². The van der Waals surface area contributed by atoms with Gasteiger partial charge in [0.05, 0.1) is 6.61 Å². The van der Waals surface area contributed by atoms with Crippen molar-refractivity contribution in [2.75, 3.05) is 37.7 Å². The van der Waals surface area contributed by atoms with Crippen molar-refractivity contribution in [1.29, 1.82) is 0 Å². The van der Waals surface area contributed by atoms with Gasteiger partial charge in [-0.15, -0.1) is 0 Å². The lowest BCUT2D eigenvalue weighted by molar-refractivity contribution is -0.126. The molecule has 1 heterocycles. The summed E-state index contributed by atoms with van der Waals surface area (Å²) in [5.41, 5.74) is 1.20. The van der Waals surface area contributed by atoms with Gasteiger partial charge in [-0.3, -0.25) is 4.79 Å². The van der Waals surface area contributed by atoms with Gasteiger partial charge in [-0.1, -0.05) is 11.6 Å². The fraction of sp³-hybridized carbons (Fsp3) is 0.588. The Balaban J connectivity index is 1.35. The van der Waals surface area contributed by atoms with E-state index in [4.69, 9.17) is 16.3 Å². The van der Waals surface area contributed by atoms with Crippen LogP contribution in [0.5, 0.6) is 0 Å². The summed E-state index contributed by atoms with van der Waals surface area (Å²) in [5, 5.41) is 3.75. The number of hydrogen-bond donors (Lipinski definition) is 1. The first-order chi connectivity index (χ1) is 10.7. The van der Waals surface area contributed by atoms with Gasteiger partial charge in [0.25, 0.3) is 0 Å². The maximum absolute atomic E-state index is 11.7. The van der Waals surface area contributed by atoms with Crippen molar-refractivity contribution >= 4 is 23.2 Å². The highest BCUT2D eigenvalue weighted by atomic mass is 35.5. The van der Waals surface area contributed by atoms with Gasteiger partial charge in [-0.25, -0.2) is 0 Å². The van der Waals surface area contributed by atoms with Gasteiger partial charge >= 0.3 is 0 Å². The smallest absolute Gasteiger partial charge is 0.246 e. The van der Waals surface area contributed by atoms with E-state index in [-0.39, 0.29) is 12.5 Å². The number of nitrogens with one attached hydrogen (secondary N) is 1. The number of nitrogens with zero attached hydrogens (tertiary/aromatic N) is 1. The molecule has 2 fully saturated rings. The van der Waals surface area contributed by atoms with Crippen LogP contribution in [0.3, 0.4) is 0 Å². The lowest BCUT2D eigenvalue weighted by atomic mass is 10.1. The Morgan fingerprint density at radius 3 is 2.73 bits per heavy atom. The molecule has 120 valence electrons. The standard InChI is InChI=1S/C17H23ClN2O2/c18-15-3-5-16(6-4-15)20-8-7-14(10-20)9-19-17(21)12-22-11-13-1-2-13/h3-6,13-14H,1-2,7-12H2,(H,19,21)/t14-/m0/s1. The lowest BCUT2D eigenvalue weighted by Gasteiger charge is -2.19. The maximum atomic E-state index is 11.7. The van der Waals surface area contributed by atoms with Gasteiger partial charge in [0, 0.05) is 30.3 Å². The SMILES string of the molecule is O=C(COCC1CC1)NC[C@@H]1CCN(c2ccc(Cl)cc2)C1. The average Bonchev–Trinajstić information content (AvgIpc) is 3.22. The average molecular weight is 323 g/mol. The van der Waals surface area contributed by atoms with Crippen molar-refractivity contribution in [1.82, 2.24) is 5.32 Å². The van der Waals surface area contributed by atoms with Gasteiger partial charge in [0.1, 0.15) is 6.61 Å². The normalized spacial score (nSPS) is 21.1. The van der Waals surface area contributed by atoms with Crippen molar-refractivity contribution in [3.05, 3.63) is 29.3 Å². The zero-order valence-electron chi connectivity index (χ0n) is 12.8. The molecular formula is C17H23ClN2O2. The summed E-state index contributed by atoms with van der Waals surface area (Å²) in [6.07, 6.45) is 3.61. The second kappa shape index (κ2) is 7.34. The minimum Gasteiger partial charge on any atom is -0.371 e. The zero-order chi connectivity index (χ0) is 15.4. The van der Waals surface area contributed by atoms with E-state index in [9.17, 15) is 4.79 Å². The number of amides is 1. The van der Waals surface area contributed by atoms with E-state index in [0.29, 0.717) is 11.8 Å². The molecule has 1 saturated carbocycles. The predicted molar refractivity (Wildman–Crippen MR) is 88.3 cm³/mol. The molecule has 4 nitrogen and oxygen atoms in total. The van der Waals surface area contributed by atoms with Crippen molar-refractivity contribution in [2.24, 2.45) is 11.8 Å². The molecule has 1 aliphatic heterocycles. The van der Waals surface area contributed by atoms with Gasteiger partial charge in [-0.05, 0) is 55.4 Å². The van der Waals surface area contributed by atoms with Crippen molar-refractivity contribution in [3.63, 3.8) is 0 Å². The monoisotopic (exact) mass is 322 g/mol. The molecule has 1 saturated heterocycles. The summed E-state index contributed by atoms with van der Waals surface area (Å²) in [6, 6.07) is 7.94. The highest BCUT2D eigenvalue weighted by molar-refractivity contribution is 6.30. The summed E-state index contributed by atoms with van der Waals surface area (Å²) < 4.78 is 5.40. The molecule has 22 heavy (non-hydrogen) atoms. The Morgan fingerprint density at radius 2 is 2.00 bits per heavy atom. The largest absolute Gasteiger partial charge is 0.371 e. The van der Waals surface area contributed by atoms with Crippen LogP contribution in [0.1, 0.15) is 19.3 Å². The first-order valence-corrected chi connectivity index (χ1v) is 8.43. The molecule has 1 aliphatic carbocycles. The number of benzene rings is 1. The quantitative estimate of drug-likeness (QED) is 0.839. The molecule has 1 N–H and O–H groups in total. The fourth-order valence-corrected chi connectivity index (χ4v) is 2.92. The van der Waals surface area contributed by atoms with Gasteiger partial charge in [0.15, 0.2) is 0 Å². The Bertz CT molecular complexity index is 502. The Kier molecular flexibility index (Phi) is 5.21. The van der Waals surface area contributed by atoms with E-state index < -0.39 is 0 Å². The van der Waals surface area contributed by atoms with E-state index >= 15 is 0 Å². The number of ether oxygens (including phenoxy) is 1. The van der Waals surface area contributed by atoms with Crippen LogP contribution in [0.25, 0.3) is 0 Å². The van der Waals surface area contributed by atoms with Crippen LogP contribution >= 0.6 is 11.6 Å². The van der Waals surface area contributed by atoms with Crippen LogP contribution < -0.4 is 10.2 Å². The zero-order valence-corrected chi connectivity index (χ0v) is 13.5. The Hall–Kier alpha value is -1.26. The lowest BCUT2D eigenvalue weighted by Crippen LogP contribution is -2.33. The summed E-state index contributed by atoms with van der Waals surface area (Å²) in [5.74, 6) is 1.21. The van der Waals surface area contributed by atoms with Crippen molar-refractivity contribution in [3.8, 4) is 0 Å². The maximum Gasteiger partial charge on any atom is 0.246 e. The molecule has 0 aromatic heterocycles.